The van der Waals surface area contributed by atoms with E-state index in [0.29, 0.717) is 0 Å². The average molecular weight is 221 g/mol. The molecule has 0 unspecified atom stereocenters. The lowest BCUT2D eigenvalue weighted by Gasteiger charge is -2.10. The number of unbranched alkanes of at least 4 members (excludes halogenated alkanes) is 1. The van der Waals surface area contributed by atoms with Gasteiger partial charge in [-0.05, 0) is 18.6 Å². The van der Waals surface area contributed by atoms with Crippen LogP contribution in [0.15, 0.2) is 18.2 Å². The monoisotopic (exact) mass is 221 g/mol. The summed E-state index contributed by atoms with van der Waals surface area (Å²) in [6.07, 6.45) is 3.35. The first-order valence-corrected chi connectivity index (χ1v) is 6.03. The number of nitrogens with one attached hydrogen (secondary N) is 1. The lowest BCUT2D eigenvalue weighted by molar-refractivity contribution is 0.297. The van der Waals surface area contributed by atoms with E-state index in [9.17, 15) is 0 Å². The molecule has 1 aliphatic rings. The van der Waals surface area contributed by atoms with Crippen molar-refractivity contribution in [1.82, 2.24) is 0 Å². The summed E-state index contributed by atoms with van der Waals surface area (Å²) in [6, 6.07) is 6.05. The van der Waals surface area contributed by atoms with Gasteiger partial charge in [0.25, 0.3) is 0 Å². The topological polar surface area (TPSA) is 30.5 Å². The normalized spacial score (nSPS) is 14.3. The summed E-state index contributed by atoms with van der Waals surface area (Å²) < 4.78 is 11.2. The van der Waals surface area contributed by atoms with Crippen molar-refractivity contribution in [3.05, 3.63) is 18.2 Å². The van der Waals surface area contributed by atoms with Crippen molar-refractivity contribution in [3.8, 4) is 11.5 Å². The van der Waals surface area contributed by atoms with Crippen LogP contribution in [0.4, 0.5) is 5.69 Å². The summed E-state index contributed by atoms with van der Waals surface area (Å²) in [7, 11) is 0. The zero-order valence-corrected chi connectivity index (χ0v) is 9.79. The van der Waals surface area contributed by atoms with Crippen molar-refractivity contribution in [2.45, 2.75) is 26.2 Å². The second kappa shape index (κ2) is 5.64. The molecule has 0 aliphatic carbocycles. The van der Waals surface area contributed by atoms with Gasteiger partial charge in [-0.25, -0.2) is 0 Å². The van der Waals surface area contributed by atoms with E-state index in [0.717, 1.165) is 43.4 Å². The van der Waals surface area contributed by atoms with Gasteiger partial charge in [0, 0.05) is 24.7 Å². The molecular weight excluding hydrogens is 202 g/mol. The van der Waals surface area contributed by atoms with Crippen LogP contribution in [0, 0.1) is 0 Å². The number of rotatable bonds is 4. The van der Waals surface area contributed by atoms with Gasteiger partial charge in [-0.3, -0.25) is 0 Å². The predicted molar refractivity (Wildman–Crippen MR) is 65.4 cm³/mol. The van der Waals surface area contributed by atoms with E-state index in [1.807, 2.05) is 18.2 Å². The van der Waals surface area contributed by atoms with E-state index in [1.165, 1.54) is 12.8 Å². The van der Waals surface area contributed by atoms with Crippen molar-refractivity contribution in [2.24, 2.45) is 0 Å². The Hall–Kier alpha value is -1.38. The van der Waals surface area contributed by atoms with Crippen LogP contribution in [0.3, 0.4) is 0 Å². The summed E-state index contributed by atoms with van der Waals surface area (Å²) in [5.74, 6) is 1.72. The summed E-state index contributed by atoms with van der Waals surface area (Å²) >= 11 is 0. The highest BCUT2D eigenvalue weighted by Gasteiger charge is 2.10. The van der Waals surface area contributed by atoms with Gasteiger partial charge in [-0.2, -0.15) is 0 Å². The van der Waals surface area contributed by atoms with E-state index in [1.54, 1.807) is 0 Å². The molecule has 0 radical (unpaired) electrons. The largest absolute Gasteiger partial charge is 0.490 e. The van der Waals surface area contributed by atoms with Crippen molar-refractivity contribution in [2.75, 3.05) is 25.1 Å². The third kappa shape index (κ3) is 2.81. The minimum atomic E-state index is 0.741. The molecule has 1 aromatic rings. The van der Waals surface area contributed by atoms with Gasteiger partial charge in [0.1, 0.15) is 0 Å². The van der Waals surface area contributed by atoms with Gasteiger partial charge in [0.15, 0.2) is 11.5 Å². The highest BCUT2D eigenvalue weighted by Crippen LogP contribution is 2.32. The molecule has 16 heavy (non-hydrogen) atoms. The first-order valence-electron chi connectivity index (χ1n) is 6.03. The molecule has 2 rings (SSSR count). The molecule has 1 aliphatic heterocycles. The van der Waals surface area contributed by atoms with Crippen LogP contribution in [-0.4, -0.2) is 19.8 Å². The summed E-state index contributed by atoms with van der Waals surface area (Å²) in [6.45, 7) is 4.69. The van der Waals surface area contributed by atoms with E-state index in [4.69, 9.17) is 9.47 Å². The second-order valence-electron chi connectivity index (χ2n) is 3.99. The Morgan fingerprint density at radius 3 is 2.81 bits per heavy atom. The number of anilines is 1. The molecule has 0 spiro atoms. The van der Waals surface area contributed by atoms with Gasteiger partial charge in [-0.1, -0.05) is 13.3 Å². The average Bonchev–Trinajstić information content (AvgIpc) is 2.54. The molecule has 0 fully saturated rings. The Balaban J connectivity index is 2.02. The molecule has 0 aromatic heterocycles. The fourth-order valence-corrected chi connectivity index (χ4v) is 1.68. The maximum Gasteiger partial charge on any atom is 0.163 e. The lowest BCUT2D eigenvalue weighted by Crippen LogP contribution is -2.01. The standard InChI is InChI=1S/C13H19NO2/c1-2-3-7-14-11-5-6-12-13(10-11)16-9-4-8-15-12/h5-6,10,14H,2-4,7-9H2,1H3. The molecule has 3 heteroatoms. The highest BCUT2D eigenvalue weighted by molar-refractivity contribution is 5.54. The van der Waals surface area contributed by atoms with Gasteiger partial charge < -0.3 is 14.8 Å². The summed E-state index contributed by atoms with van der Waals surface area (Å²) in [4.78, 5) is 0. The fraction of sp³-hybridized carbons (Fsp3) is 0.538. The van der Waals surface area contributed by atoms with E-state index >= 15 is 0 Å². The van der Waals surface area contributed by atoms with Gasteiger partial charge in [0.05, 0.1) is 13.2 Å². The third-order valence-electron chi connectivity index (χ3n) is 2.61. The van der Waals surface area contributed by atoms with Crippen LogP contribution in [0.2, 0.25) is 0 Å². The van der Waals surface area contributed by atoms with Crippen molar-refractivity contribution >= 4 is 5.69 Å². The van der Waals surface area contributed by atoms with Crippen molar-refractivity contribution in [1.29, 1.82) is 0 Å². The summed E-state index contributed by atoms with van der Waals surface area (Å²) in [5.41, 5.74) is 1.11. The Kier molecular flexibility index (Phi) is 3.91. The molecule has 0 saturated carbocycles. The summed E-state index contributed by atoms with van der Waals surface area (Å²) in [5, 5.41) is 3.38. The second-order valence-corrected chi connectivity index (χ2v) is 3.99. The van der Waals surface area contributed by atoms with Crippen LogP contribution < -0.4 is 14.8 Å². The number of benzene rings is 1. The van der Waals surface area contributed by atoms with Gasteiger partial charge in [0.2, 0.25) is 0 Å². The van der Waals surface area contributed by atoms with Gasteiger partial charge >= 0.3 is 0 Å². The van der Waals surface area contributed by atoms with Crippen LogP contribution in [0.5, 0.6) is 11.5 Å². The molecule has 1 aromatic carbocycles. The van der Waals surface area contributed by atoms with Crippen LogP contribution in [0.1, 0.15) is 26.2 Å². The number of hydrogen-bond acceptors (Lipinski definition) is 3. The zero-order chi connectivity index (χ0) is 11.2. The maximum atomic E-state index is 5.63. The van der Waals surface area contributed by atoms with E-state index in [2.05, 4.69) is 12.2 Å². The molecule has 88 valence electrons. The molecular formula is C13H19NO2. The fourth-order valence-electron chi connectivity index (χ4n) is 1.68. The maximum absolute atomic E-state index is 5.63. The number of fused-ring (bicyclic) bond motifs is 1. The Morgan fingerprint density at radius 2 is 2.00 bits per heavy atom. The lowest BCUT2D eigenvalue weighted by atomic mass is 10.2. The third-order valence-corrected chi connectivity index (χ3v) is 2.61. The minimum Gasteiger partial charge on any atom is -0.490 e. The Morgan fingerprint density at radius 1 is 1.19 bits per heavy atom. The Bertz CT molecular complexity index is 339. The zero-order valence-electron chi connectivity index (χ0n) is 9.79. The van der Waals surface area contributed by atoms with Crippen LogP contribution >= 0.6 is 0 Å². The first kappa shape index (κ1) is 11.1. The molecule has 0 saturated heterocycles. The molecule has 3 nitrogen and oxygen atoms in total. The highest BCUT2D eigenvalue weighted by atomic mass is 16.5. The molecule has 0 amide bonds. The van der Waals surface area contributed by atoms with E-state index in [-0.39, 0.29) is 0 Å². The van der Waals surface area contributed by atoms with Crippen LogP contribution in [0.25, 0.3) is 0 Å². The Labute approximate surface area is 96.8 Å². The molecule has 1 heterocycles. The van der Waals surface area contributed by atoms with Gasteiger partial charge in [-0.15, -0.1) is 0 Å². The molecule has 0 bridgehead atoms. The van der Waals surface area contributed by atoms with Crippen molar-refractivity contribution < 1.29 is 9.47 Å². The molecule has 0 atom stereocenters. The minimum absolute atomic E-state index is 0.741. The number of ether oxygens (including phenoxy) is 2. The number of hydrogen-bond donors (Lipinski definition) is 1. The quantitative estimate of drug-likeness (QED) is 0.793. The van der Waals surface area contributed by atoms with Crippen LogP contribution in [-0.2, 0) is 0 Å². The first-order chi connectivity index (χ1) is 7.90. The molecule has 1 N–H and O–H groups in total. The predicted octanol–water partition coefficient (Wildman–Crippen LogP) is 3.06. The van der Waals surface area contributed by atoms with Crippen molar-refractivity contribution in [3.63, 3.8) is 0 Å². The SMILES string of the molecule is CCCCNc1ccc2c(c1)OCCCO2. The van der Waals surface area contributed by atoms with E-state index < -0.39 is 0 Å². The smallest absolute Gasteiger partial charge is 0.163 e.